The minimum Gasteiger partial charge on any atom is -0.508 e. The molecule has 2 aromatic rings. The standard InChI is InChI=1S/C13H10BrFO2/c14-13-6-1-10(15)7-9(13)8-17-12-4-2-11(16)3-5-12/h1-7,16H,8H2. The van der Waals surface area contributed by atoms with Crippen LogP contribution in [0, 0.1) is 5.82 Å². The zero-order chi connectivity index (χ0) is 12.3. The first-order chi connectivity index (χ1) is 8.15. The first-order valence-electron chi connectivity index (χ1n) is 5.01. The van der Waals surface area contributed by atoms with Crippen molar-refractivity contribution in [1.82, 2.24) is 0 Å². The van der Waals surface area contributed by atoms with Crippen LogP contribution in [0.25, 0.3) is 0 Å². The van der Waals surface area contributed by atoms with E-state index in [1.165, 1.54) is 24.3 Å². The minimum absolute atomic E-state index is 0.185. The number of aromatic hydroxyl groups is 1. The summed E-state index contributed by atoms with van der Waals surface area (Å²) in [4.78, 5) is 0. The lowest BCUT2D eigenvalue weighted by Crippen LogP contribution is -1.97. The first-order valence-corrected chi connectivity index (χ1v) is 5.80. The maximum Gasteiger partial charge on any atom is 0.123 e. The van der Waals surface area contributed by atoms with Crippen LogP contribution in [0.5, 0.6) is 11.5 Å². The molecular weight excluding hydrogens is 287 g/mol. The van der Waals surface area contributed by atoms with Crippen molar-refractivity contribution in [2.75, 3.05) is 0 Å². The normalized spacial score (nSPS) is 10.2. The highest BCUT2D eigenvalue weighted by Crippen LogP contribution is 2.21. The van der Waals surface area contributed by atoms with Gasteiger partial charge in [-0.15, -0.1) is 0 Å². The van der Waals surface area contributed by atoms with Crippen LogP contribution in [0.1, 0.15) is 5.56 Å². The van der Waals surface area contributed by atoms with E-state index in [0.717, 1.165) is 10.0 Å². The van der Waals surface area contributed by atoms with Crippen LogP contribution in [-0.2, 0) is 6.61 Å². The molecule has 1 N–H and O–H groups in total. The fraction of sp³-hybridized carbons (Fsp3) is 0.0769. The number of hydrogen-bond acceptors (Lipinski definition) is 2. The number of hydrogen-bond donors (Lipinski definition) is 1. The maximum atomic E-state index is 13.0. The second kappa shape index (κ2) is 5.19. The van der Waals surface area contributed by atoms with Crippen LogP contribution in [0.15, 0.2) is 46.9 Å². The van der Waals surface area contributed by atoms with Gasteiger partial charge in [0.05, 0.1) is 0 Å². The fourth-order valence-electron chi connectivity index (χ4n) is 1.36. The van der Waals surface area contributed by atoms with Crippen molar-refractivity contribution < 1.29 is 14.2 Å². The van der Waals surface area contributed by atoms with Crippen molar-refractivity contribution in [1.29, 1.82) is 0 Å². The molecule has 0 aliphatic carbocycles. The molecule has 0 heterocycles. The van der Waals surface area contributed by atoms with E-state index in [9.17, 15) is 4.39 Å². The third kappa shape index (κ3) is 3.20. The van der Waals surface area contributed by atoms with Gasteiger partial charge in [-0.3, -0.25) is 0 Å². The highest BCUT2D eigenvalue weighted by Gasteiger charge is 2.03. The Morgan fingerprint density at radius 2 is 1.82 bits per heavy atom. The van der Waals surface area contributed by atoms with Crippen molar-refractivity contribution in [3.8, 4) is 11.5 Å². The van der Waals surface area contributed by atoms with Gasteiger partial charge in [-0.05, 0) is 42.5 Å². The van der Waals surface area contributed by atoms with Crippen molar-refractivity contribution in [2.24, 2.45) is 0 Å². The largest absolute Gasteiger partial charge is 0.508 e. The lowest BCUT2D eigenvalue weighted by Gasteiger charge is -2.08. The summed E-state index contributed by atoms with van der Waals surface area (Å²) in [6, 6.07) is 10.8. The molecule has 0 atom stereocenters. The molecule has 0 bridgehead atoms. The summed E-state index contributed by atoms with van der Waals surface area (Å²) in [5.41, 5.74) is 0.734. The second-order valence-electron chi connectivity index (χ2n) is 3.52. The summed E-state index contributed by atoms with van der Waals surface area (Å²) in [6.45, 7) is 0.267. The smallest absolute Gasteiger partial charge is 0.123 e. The molecule has 2 rings (SSSR count). The number of benzene rings is 2. The molecule has 0 aromatic heterocycles. The van der Waals surface area contributed by atoms with Crippen LogP contribution in [0.4, 0.5) is 4.39 Å². The van der Waals surface area contributed by atoms with E-state index >= 15 is 0 Å². The minimum atomic E-state index is -0.294. The molecule has 0 saturated carbocycles. The number of ether oxygens (including phenoxy) is 1. The Labute approximate surface area is 107 Å². The van der Waals surface area contributed by atoms with Gasteiger partial charge >= 0.3 is 0 Å². The van der Waals surface area contributed by atoms with E-state index in [1.54, 1.807) is 18.2 Å². The summed E-state index contributed by atoms with van der Waals surface area (Å²) in [5, 5.41) is 9.11. The lowest BCUT2D eigenvalue weighted by molar-refractivity contribution is 0.304. The zero-order valence-corrected chi connectivity index (χ0v) is 10.4. The van der Waals surface area contributed by atoms with Gasteiger partial charge in [-0.1, -0.05) is 15.9 Å². The van der Waals surface area contributed by atoms with E-state index in [0.29, 0.717) is 5.75 Å². The Hall–Kier alpha value is -1.55. The molecule has 17 heavy (non-hydrogen) atoms. The van der Waals surface area contributed by atoms with Gasteiger partial charge in [0.15, 0.2) is 0 Å². The van der Waals surface area contributed by atoms with Crippen molar-refractivity contribution in [2.45, 2.75) is 6.61 Å². The van der Waals surface area contributed by atoms with Crippen molar-refractivity contribution >= 4 is 15.9 Å². The van der Waals surface area contributed by atoms with Gasteiger partial charge in [0.1, 0.15) is 23.9 Å². The Balaban J connectivity index is 2.07. The van der Waals surface area contributed by atoms with Crippen LogP contribution < -0.4 is 4.74 Å². The molecule has 0 saturated heterocycles. The molecule has 0 aliphatic rings. The van der Waals surface area contributed by atoms with E-state index in [1.807, 2.05) is 0 Å². The van der Waals surface area contributed by atoms with Crippen LogP contribution in [0.2, 0.25) is 0 Å². The molecule has 0 aliphatic heterocycles. The highest BCUT2D eigenvalue weighted by molar-refractivity contribution is 9.10. The zero-order valence-electron chi connectivity index (χ0n) is 8.86. The van der Waals surface area contributed by atoms with E-state index < -0.39 is 0 Å². The monoisotopic (exact) mass is 296 g/mol. The third-order valence-electron chi connectivity index (χ3n) is 2.24. The topological polar surface area (TPSA) is 29.5 Å². The quantitative estimate of drug-likeness (QED) is 0.931. The van der Waals surface area contributed by atoms with Gasteiger partial charge in [0, 0.05) is 10.0 Å². The summed E-state index contributed by atoms with van der Waals surface area (Å²) in [5.74, 6) is 0.515. The Morgan fingerprint density at radius 3 is 2.53 bits per heavy atom. The SMILES string of the molecule is Oc1ccc(OCc2cc(F)ccc2Br)cc1. The summed E-state index contributed by atoms with van der Waals surface area (Å²) in [7, 11) is 0. The number of halogens is 2. The van der Waals surface area contributed by atoms with Gasteiger partial charge in [-0.25, -0.2) is 4.39 Å². The Morgan fingerprint density at radius 1 is 1.12 bits per heavy atom. The molecule has 2 aromatic carbocycles. The molecule has 0 spiro atoms. The average Bonchev–Trinajstić information content (AvgIpc) is 2.32. The van der Waals surface area contributed by atoms with E-state index in [2.05, 4.69) is 15.9 Å². The number of phenols is 1. The number of phenolic OH excluding ortho intramolecular Hbond substituents is 1. The first kappa shape index (κ1) is 11.9. The van der Waals surface area contributed by atoms with E-state index in [4.69, 9.17) is 9.84 Å². The predicted octanol–water partition coefficient (Wildman–Crippen LogP) is 3.87. The van der Waals surface area contributed by atoms with Crippen LogP contribution in [-0.4, -0.2) is 5.11 Å². The Kier molecular flexibility index (Phi) is 3.64. The van der Waals surface area contributed by atoms with Crippen molar-refractivity contribution in [3.63, 3.8) is 0 Å². The van der Waals surface area contributed by atoms with Gasteiger partial charge < -0.3 is 9.84 Å². The van der Waals surface area contributed by atoms with Gasteiger partial charge in [0.2, 0.25) is 0 Å². The summed E-state index contributed by atoms with van der Waals surface area (Å²) in [6.07, 6.45) is 0. The molecule has 88 valence electrons. The molecule has 4 heteroatoms. The summed E-state index contributed by atoms with van der Waals surface area (Å²) < 4.78 is 19.3. The maximum absolute atomic E-state index is 13.0. The van der Waals surface area contributed by atoms with Crippen LogP contribution >= 0.6 is 15.9 Å². The molecule has 0 unspecified atom stereocenters. The molecule has 0 radical (unpaired) electrons. The second-order valence-corrected chi connectivity index (χ2v) is 4.37. The molecule has 2 nitrogen and oxygen atoms in total. The lowest BCUT2D eigenvalue weighted by atomic mass is 10.2. The van der Waals surface area contributed by atoms with Crippen LogP contribution in [0.3, 0.4) is 0 Å². The molecule has 0 amide bonds. The Bertz CT molecular complexity index is 511. The molecule has 0 fully saturated rings. The van der Waals surface area contributed by atoms with E-state index in [-0.39, 0.29) is 18.2 Å². The average molecular weight is 297 g/mol. The highest BCUT2D eigenvalue weighted by atomic mass is 79.9. The fourth-order valence-corrected chi connectivity index (χ4v) is 1.72. The molecular formula is C13H10BrFO2. The van der Waals surface area contributed by atoms with Gasteiger partial charge in [0.25, 0.3) is 0 Å². The van der Waals surface area contributed by atoms with Crippen molar-refractivity contribution in [3.05, 3.63) is 58.3 Å². The number of rotatable bonds is 3. The summed E-state index contributed by atoms with van der Waals surface area (Å²) >= 11 is 3.33. The van der Waals surface area contributed by atoms with Gasteiger partial charge in [-0.2, -0.15) is 0 Å². The third-order valence-corrected chi connectivity index (χ3v) is 3.01. The predicted molar refractivity (Wildman–Crippen MR) is 66.5 cm³/mol.